The normalized spacial score (nSPS) is 12.2. The Labute approximate surface area is 102 Å². The molecule has 1 aromatic rings. The predicted molar refractivity (Wildman–Crippen MR) is 67.8 cm³/mol. The molecule has 0 saturated carbocycles. The minimum atomic E-state index is -0.254. The molecule has 0 heterocycles. The van der Waals surface area contributed by atoms with E-state index in [9.17, 15) is 9.90 Å². The van der Waals surface area contributed by atoms with Crippen LogP contribution in [0, 0.1) is 0 Å². The van der Waals surface area contributed by atoms with Crippen LogP contribution in [-0.2, 0) is 6.42 Å². The van der Waals surface area contributed by atoms with E-state index in [0.717, 1.165) is 5.56 Å². The third kappa shape index (κ3) is 5.36. The zero-order valence-electron chi connectivity index (χ0n) is 10.3. The minimum Gasteiger partial charge on any atom is -0.394 e. The maximum absolute atomic E-state index is 11.5. The topological polar surface area (TPSA) is 61.4 Å². The highest BCUT2D eigenvalue weighted by Crippen LogP contribution is 2.02. The lowest BCUT2D eigenvalue weighted by Gasteiger charge is -2.18. The van der Waals surface area contributed by atoms with Gasteiger partial charge < -0.3 is 15.7 Å². The molecule has 3 N–H and O–H groups in total. The number of nitrogens with one attached hydrogen (secondary N) is 2. The van der Waals surface area contributed by atoms with E-state index in [-0.39, 0.29) is 24.7 Å². The summed E-state index contributed by atoms with van der Waals surface area (Å²) in [7, 11) is 0. The first-order chi connectivity index (χ1) is 8.11. The Kier molecular flexibility index (Phi) is 5.49. The Morgan fingerprint density at radius 3 is 2.41 bits per heavy atom. The number of aliphatic hydroxyl groups is 1. The van der Waals surface area contributed by atoms with E-state index in [2.05, 4.69) is 10.6 Å². The monoisotopic (exact) mass is 236 g/mol. The Hall–Kier alpha value is -1.55. The van der Waals surface area contributed by atoms with Crippen molar-refractivity contribution in [1.29, 1.82) is 0 Å². The molecule has 0 bridgehead atoms. The summed E-state index contributed by atoms with van der Waals surface area (Å²) < 4.78 is 0. The van der Waals surface area contributed by atoms with Gasteiger partial charge in [-0.25, -0.2) is 4.79 Å². The van der Waals surface area contributed by atoms with Gasteiger partial charge in [0.15, 0.2) is 0 Å². The Morgan fingerprint density at radius 2 is 1.88 bits per heavy atom. The third-order valence-electron chi connectivity index (χ3n) is 2.30. The van der Waals surface area contributed by atoms with Crippen molar-refractivity contribution in [2.45, 2.75) is 32.4 Å². The molecular weight excluding hydrogens is 216 g/mol. The van der Waals surface area contributed by atoms with Gasteiger partial charge in [0, 0.05) is 6.04 Å². The highest BCUT2D eigenvalue weighted by atomic mass is 16.3. The van der Waals surface area contributed by atoms with Crippen LogP contribution in [0.3, 0.4) is 0 Å². The highest BCUT2D eigenvalue weighted by molar-refractivity contribution is 5.74. The van der Waals surface area contributed by atoms with Gasteiger partial charge in [-0.3, -0.25) is 0 Å². The van der Waals surface area contributed by atoms with E-state index >= 15 is 0 Å². The van der Waals surface area contributed by atoms with Crippen molar-refractivity contribution in [2.24, 2.45) is 0 Å². The summed E-state index contributed by atoms with van der Waals surface area (Å²) in [5.41, 5.74) is 1.09. The van der Waals surface area contributed by atoms with E-state index < -0.39 is 0 Å². The van der Waals surface area contributed by atoms with Gasteiger partial charge in [-0.1, -0.05) is 30.3 Å². The average Bonchev–Trinajstić information content (AvgIpc) is 2.28. The highest BCUT2D eigenvalue weighted by Gasteiger charge is 2.12. The molecule has 0 aliphatic rings. The molecule has 4 heteroatoms. The number of amides is 2. The molecule has 0 spiro atoms. The predicted octanol–water partition coefficient (Wildman–Crippen LogP) is 1.30. The molecule has 1 atom stereocenters. The van der Waals surface area contributed by atoms with Gasteiger partial charge in [-0.05, 0) is 25.8 Å². The summed E-state index contributed by atoms with van der Waals surface area (Å²) in [5, 5.41) is 14.7. The molecule has 1 aromatic carbocycles. The van der Waals surface area contributed by atoms with Crippen LogP contribution in [0.5, 0.6) is 0 Å². The number of urea groups is 1. The first-order valence-corrected chi connectivity index (χ1v) is 5.83. The van der Waals surface area contributed by atoms with Crippen LogP contribution >= 0.6 is 0 Å². The van der Waals surface area contributed by atoms with Crippen LogP contribution in [0.2, 0.25) is 0 Å². The lowest BCUT2D eigenvalue weighted by atomic mass is 10.1. The lowest BCUT2D eigenvalue weighted by molar-refractivity contribution is 0.214. The second-order valence-corrected chi connectivity index (χ2v) is 4.34. The SMILES string of the molecule is CC(C)NC(=O)NC(CO)Cc1ccccc1. The molecule has 2 amide bonds. The zero-order valence-corrected chi connectivity index (χ0v) is 10.3. The number of carbonyl (C=O) groups is 1. The van der Waals surface area contributed by atoms with Crippen LogP contribution in [0.15, 0.2) is 30.3 Å². The summed E-state index contributed by atoms with van der Waals surface area (Å²) in [6.45, 7) is 3.72. The van der Waals surface area contributed by atoms with Crippen molar-refractivity contribution in [1.82, 2.24) is 10.6 Å². The molecule has 17 heavy (non-hydrogen) atoms. The minimum absolute atomic E-state index is 0.0690. The van der Waals surface area contributed by atoms with Gasteiger partial charge in [0.05, 0.1) is 12.6 Å². The summed E-state index contributed by atoms with van der Waals surface area (Å²) in [4.78, 5) is 11.5. The van der Waals surface area contributed by atoms with Gasteiger partial charge in [0.2, 0.25) is 0 Å². The van der Waals surface area contributed by atoms with Gasteiger partial charge in [0.25, 0.3) is 0 Å². The van der Waals surface area contributed by atoms with E-state index in [4.69, 9.17) is 0 Å². The van der Waals surface area contributed by atoms with Crippen molar-refractivity contribution < 1.29 is 9.90 Å². The van der Waals surface area contributed by atoms with Crippen LogP contribution in [0.25, 0.3) is 0 Å². The molecule has 4 nitrogen and oxygen atoms in total. The first-order valence-electron chi connectivity index (χ1n) is 5.83. The number of benzene rings is 1. The van der Waals surface area contributed by atoms with Crippen molar-refractivity contribution >= 4 is 6.03 Å². The quantitative estimate of drug-likeness (QED) is 0.721. The Balaban J connectivity index is 2.46. The molecule has 1 unspecified atom stereocenters. The van der Waals surface area contributed by atoms with E-state index in [1.807, 2.05) is 44.2 Å². The van der Waals surface area contributed by atoms with Crippen molar-refractivity contribution in [3.8, 4) is 0 Å². The fourth-order valence-corrected chi connectivity index (χ4v) is 1.55. The van der Waals surface area contributed by atoms with Gasteiger partial charge >= 0.3 is 6.03 Å². The summed E-state index contributed by atoms with van der Waals surface area (Å²) in [6.07, 6.45) is 0.628. The molecule has 0 aromatic heterocycles. The molecule has 0 fully saturated rings. The average molecular weight is 236 g/mol. The summed E-state index contributed by atoms with van der Waals surface area (Å²) in [6, 6.07) is 9.37. The molecule has 94 valence electrons. The molecule has 0 aliphatic carbocycles. The molecule has 0 radical (unpaired) electrons. The third-order valence-corrected chi connectivity index (χ3v) is 2.30. The molecular formula is C13H20N2O2. The largest absolute Gasteiger partial charge is 0.394 e. The fourth-order valence-electron chi connectivity index (χ4n) is 1.55. The van der Waals surface area contributed by atoms with Crippen LogP contribution in [0.4, 0.5) is 4.79 Å². The van der Waals surface area contributed by atoms with Gasteiger partial charge in [-0.2, -0.15) is 0 Å². The van der Waals surface area contributed by atoms with E-state index in [1.54, 1.807) is 0 Å². The zero-order chi connectivity index (χ0) is 12.7. The van der Waals surface area contributed by atoms with E-state index in [0.29, 0.717) is 6.42 Å². The summed E-state index contributed by atoms with van der Waals surface area (Å²) >= 11 is 0. The molecule has 1 rings (SSSR count). The van der Waals surface area contributed by atoms with Crippen molar-refractivity contribution in [2.75, 3.05) is 6.61 Å². The van der Waals surface area contributed by atoms with Gasteiger partial charge in [-0.15, -0.1) is 0 Å². The van der Waals surface area contributed by atoms with E-state index in [1.165, 1.54) is 0 Å². The first kappa shape index (κ1) is 13.5. The van der Waals surface area contributed by atoms with Crippen molar-refractivity contribution in [3.63, 3.8) is 0 Å². The fraction of sp³-hybridized carbons (Fsp3) is 0.462. The number of rotatable bonds is 5. The second-order valence-electron chi connectivity index (χ2n) is 4.34. The van der Waals surface area contributed by atoms with Crippen LogP contribution < -0.4 is 10.6 Å². The molecule has 0 saturated heterocycles. The number of hydrogen-bond donors (Lipinski definition) is 3. The number of carbonyl (C=O) groups excluding carboxylic acids is 1. The Morgan fingerprint density at radius 1 is 1.24 bits per heavy atom. The number of aliphatic hydroxyl groups excluding tert-OH is 1. The van der Waals surface area contributed by atoms with Crippen LogP contribution in [0.1, 0.15) is 19.4 Å². The Bertz CT molecular complexity index is 339. The maximum atomic E-state index is 11.5. The summed E-state index contributed by atoms with van der Waals surface area (Å²) in [5.74, 6) is 0. The lowest BCUT2D eigenvalue weighted by Crippen LogP contribution is -2.46. The van der Waals surface area contributed by atoms with Gasteiger partial charge in [0.1, 0.15) is 0 Å². The standard InChI is InChI=1S/C13H20N2O2/c1-10(2)14-13(17)15-12(9-16)8-11-6-4-3-5-7-11/h3-7,10,12,16H,8-9H2,1-2H3,(H2,14,15,17). The smallest absolute Gasteiger partial charge is 0.315 e. The second kappa shape index (κ2) is 6.91. The van der Waals surface area contributed by atoms with Crippen molar-refractivity contribution in [3.05, 3.63) is 35.9 Å². The molecule has 0 aliphatic heterocycles. The van der Waals surface area contributed by atoms with Crippen LogP contribution in [-0.4, -0.2) is 29.8 Å². The number of hydrogen-bond acceptors (Lipinski definition) is 2. The maximum Gasteiger partial charge on any atom is 0.315 e.